The van der Waals surface area contributed by atoms with Crippen LogP contribution in [0.5, 0.6) is 23.0 Å². The zero-order valence-corrected chi connectivity index (χ0v) is 85.1. The number of Topliss-reactive ketones (excluding diaryl/α,β-unsaturated/α-hetero) is 4. The van der Waals surface area contributed by atoms with Crippen molar-refractivity contribution in [1.82, 2.24) is 64.4 Å². The Morgan fingerprint density at radius 1 is 0.400 bits per heavy atom. The number of hydrogen-bond donors (Lipinski definition) is 18. The summed E-state index contributed by atoms with van der Waals surface area (Å²) in [5, 5.41) is 112. The lowest BCUT2D eigenvalue weighted by atomic mass is 9.74. The molecule has 4 aliphatic rings. The quantitative estimate of drug-likeness (QED) is 0.00522. The van der Waals surface area contributed by atoms with Crippen molar-refractivity contribution in [2.75, 3.05) is 37.1 Å². The molecule has 0 aliphatic carbocycles. The molecule has 74 heteroatoms. The van der Waals surface area contributed by atoms with E-state index in [9.17, 15) is 152 Å². The number of ether oxygens (including phenoxy) is 1. The Labute approximate surface area is 855 Å². The number of esters is 1. The van der Waals surface area contributed by atoms with E-state index in [2.05, 4.69) is 67.7 Å². The standard InChI is InChI=1S/C20H25N5O10S2.C19H22N6O11S2.C19H21N5O12S2.C18H19N5O12S2/c1-9(2)17(12-6-13(26)15(28)7-24(12)30)34-23-16(11-8-36-19(21)22-11)14(27)5-10-18(29)25(20(10,3)4)35-37(31,32)33;1-19(2)8(17(30)25(19)36-38(32,33)34)4-12(27)14(9-7-37-18(20)22-9)23-35-15(16(29)21-3)10-5-11(26)13(28)6-24(10)31;1-19(2)8(16(28)24(19)36-38(31,32)33)4-12(26)14(9-7-37-18(20)21-9)22-35-15(17(29)34-3)10-5-11(25)13(27)6-23(10)30;1-18(2)7(15(27)23(18)35-37(31,32)33)3-11(25)13(8-6-36-17(19)20-8)21-34-14(16(28)29)9-4-10(24)12(26)5-22(9)30/h6-10,17,28,30H,5H2,1-4H3,(H2,21,22)(H,31,32,33);5-8,15,28,31H,4H2,1-3H3,(H2,20,22)(H,21,29)(H,32,33,34);5-8,15,27,30H,4H2,1-3H3,(H2,20,21)(H,31,32,33);4-7,14,26,30H,3H2,1-2H3,(H2,19,20)(H,28,29)(H,31,32,33)/b23-16-;23-14-;22-14-;21-13-/t10-,17?;2*8-,15?;7-,14?/m1111/s1. The zero-order chi connectivity index (χ0) is 113. The normalized spacial score (nSPS) is 18.2. The molecule has 4 saturated heterocycles. The van der Waals surface area contributed by atoms with Gasteiger partial charge in [0.15, 0.2) is 95.6 Å². The van der Waals surface area contributed by atoms with Crippen molar-refractivity contribution in [2.24, 2.45) is 50.2 Å². The summed E-state index contributed by atoms with van der Waals surface area (Å²) in [6.07, 6.45) is -6.53. The second kappa shape index (κ2) is 45.5. The molecule has 0 spiro atoms. The van der Waals surface area contributed by atoms with Gasteiger partial charge in [-0.25, -0.2) is 29.5 Å². The number of aromatic nitrogens is 8. The van der Waals surface area contributed by atoms with E-state index in [4.69, 9.17) is 60.5 Å². The van der Waals surface area contributed by atoms with Crippen LogP contribution in [-0.4, -0.2) is 281 Å². The monoisotopic (exact) mass is 2270 g/mol. The molecule has 4 aliphatic heterocycles. The van der Waals surface area contributed by atoms with Crippen molar-refractivity contribution in [3.63, 3.8) is 0 Å². The fourth-order valence-corrected chi connectivity index (χ4v) is 17.9. The van der Waals surface area contributed by atoms with Crippen LogP contribution in [0, 0.1) is 29.6 Å². The molecule has 814 valence electrons. The number of aliphatic carboxylic acids is 1. The number of hydroxylamine groups is 8. The maximum atomic E-state index is 13.3. The number of anilines is 4. The van der Waals surface area contributed by atoms with Gasteiger partial charge in [0, 0.05) is 78.5 Å². The third kappa shape index (κ3) is 27.4. The van der Waals surface area contributed by atoms with Crippen LogP contribution in [0.25, 0.3) is 0 Å². The number of carbonyl (C=O) groups is 11. The lowest BCUT2D eigenvalue weighted by Gasteiger charge is -2.50. The Morgan fingerprint density at radius 3 is 0.847 bits per heavy atom. The molecule has 4 fully saturated rings. The summed E-state index contributed by atoms with van der Waals surface area (Å²) < 4.78 is 146. The summed E-state index contributed by atoms with van der Waals surface area (Å²) >= 11 is 3.78. The summed E-state index contributed by atoms with van der Waals surface area (Å²) in [7, 11) is -17.8. The number of nitrogens with two attached hydrogens (primary N) is 4. The number of oxime groups is 4. The Balaban J connectivity index is 0.000000222. The van der Waals surface area contributed by atoms with E-state index in [0.717, 1.165) is 64.7 Å². The number of nitrogen functional groups attached to an aromatic ring is 4. The second-order valence-corrected chi connectivity index (χ2v) is 41.4. The van der Waals surface area contributed by atoms with Gasteiger partial charge in [-0.1, -0.05) is 34.5 Å². The number of pyridine rings is 4. The molecular formula is C76H87N21O45S8. The molecule has 150 heavy (non-hydrogen) atoms. The summed E-state index contributed by atoms with van der Waals surface area (Å²) in [5.74, 6) is -18.8. The molecule has 8 aromatic rings. The van der Waals surface area contributed by atoms with Crippen molar-refractivity contribution in [2.45, 2.75) is 141 Å². The fraction of sp³-hybridized carbons (Fsp3) is 0.382. The van der Waals surface area contributed by atoms with E-state index >= 15 is 0 Å². The number of methoxy groups -OCH3 is 1. The summed E-state index contributed by atoms with van der Waals surface area (Å²) in [6, 6.07) is 2.92. The Morgan fingerprint density at radius 2 is 0.627 bits per heavy atom. The number of likely N-dealkylation sites (N-methyl/N-ethyl adjacent to an activating group) is 1. The number of amides is 5. The minimum absolute atomic E-state index is 0.000735. The van der Waals surface area contributed by atoms with Crippen molar-refractivity contribution in [1.29, 1.82) is 0 Å². The number of β-lactam (4-membered cyclic amide) rings is 4. The van der Waals surface area contributed by atoms with Crippen LogP contribution < -0.4 is 50.0 Å². The molecule has 0 radical (unpaired) electrons. The Bertz CT molecular complexity index is 7370. The van der Waals surface area contributed by atoms with Gasteiger partial charge in [-0.2, -0.15) is 72.8 Å². The number of ketones is 4. The number of rotatable bonds is 40. The van der Waals surface area contributed by atoms with Crippen molar-refractivity contribution < 1.29 is 192 Å². The number of nitrogens with one attached hydrogen (secondary N) is 1. The molecule has 5 amide bonds. The molecule has 0 saturated carbocycles. The van der Waals surface area contributed by atoms with Gasteiger partial charge >= 0.3 is 53.5 Å². The number of nitrogens with zero attached hydrogens (tertiary/aromatic N) is 16. The molecular weight excluding hydrogens is 2180 g/mol. The number of carboxylic acid groups (broad SMARTS) is 1. The lowest BCUT2D eigenvalue weighted by Crippen LogP contribution is -2.68. The topological polar surface area (TPSA) is 988 Å². The van der Waals surface area contributed by atoms with E-state index in [1.165, 1.54) is 84.0 Å². The van der Waals surface area contributed by atoms with E-state index in [1.807, 2.05) is 0 Å². The average molecular weight is 2270 g/mol. The molecule has 0 bridgehead atoms. The number of carbonyl (C=O) groups excluding carboxylic acids is 10. The van der Waals surface area contributed by atoms with Crippen LogP contribution in [0.1, 0.15) is 165 Å². The molecule has 66 nitrogen and oxygen atoms in total. The van der Waals surface area contributed by atoms with E-state index in [-0.39, 0.29) is 74.8 Å². The van der Waals surface area contributed by atoms with Crippen LogP contribution in [0.15, 0.2) is 110 Å². The maximum Gasteiger partial charge on any atom is 0.418 e. The molecule has 8 aromatic heterocycles. The smallest absolute Gasteiger partial charge is 0.418 e. The van der Waals surface area contributed by atoms with Gasteiger partial charge in [0.1, 0.15) is 45.6 Å². The largest absolute Gasteiger partial charge is 0.503 e. The number of carboxylic acids is 1. The highest BCUT2D eigenvalue weighted by atomic mass is 32.3. The van der Waals surface area contributed by atoms with Crippen molar-refractivity contribution >= 4 is 195 Å². The van der Waals surface area contributed by atoms with Crippen LogP contribution >= 0.6 is 45.3 Å². The molecule has 22 N–H and O–H groups in total. The Kier molecular flexibility index (Phi) is 35.8. The number of aromatic hydroxyl groups is 4. The van der Waals surface area contributed by atoms with Gasteiger partial charge in [0.25, 0.3) is 41.7 Å². The first-order valence-corrected chi connectivity index (χ1v) is 50.3. The van der Waals surface area contributed by atoms with Crippen molar-refractivity contribution in [3.05, 3.63) is 157 Å². The van der Waals surface area contributed by atoms with Crippen LogP contribution in [-0.2, 0) is 136 Å². The Hall–Kier alpha value is -15.7. The minimum atomic E-state index is -5.02. The van der Waals surface area contributed by atoms with Crippen LogP contribution in [0.4, 0.5) is 20.5 Å². The summed E-state index contributed by atoms with van der Waals surface area (Å²) in [5.41, 5.74) is 9.59. The first kappa shape index (κ1) is 118. The van der Waals surface area contributed by atoms with Crippen molar-refractivity contribution in [3.8, 4) is 23.0 Å². The van der Waals surface area contributed by atoms with E-state index in [1.54, 1.807) is 13.8 Å². The van der Waals surface area contributed by atoms with Gasteiger partial charge in [-0.3, -0.25) is 80.5 Å². The van der Waals surface area contributed by atoms with Gasteiger partial charge in [-0.05, 0) is 61.3 Å². The number of hydrogen-bond acceptors (Lipinski definition) is 56. The highest BCUT2D eigenvalue weighted by Crippen LogP contribution is 2.46. The highest BCUT2D eigenvalue weighted by Gasteiger charge is 2.62. The lowest BCUT2D eigenvalue weighted by molar-refractivity contribution is -0.228. The maximum absolute atomic E-state index is 13.3. The average Bonchev–Trinajstić information content (AvgIpc) is 0.859. The molecule has 12 heterocycles. The molecule has 0 aromatic carbocycles. The molecule has 8 atom stereocenters. The van der Waals surface area contributed by atoms with Crippen LogP contribution in [0.3, 0.4) is 0 Å². The highest BCUT2D eigenvalue weighted by molar-refractivity contribution is 7.81. The van der Waals surface area contributed by atoms with E-state index in [0.29, 0.717) is 61.8 Å². The first-order chi connectivity index (χ1) is 69.2. The van der Waals surface area contributed by atoms with Crippen LogP contribution in [0.2, 0.25) is 0 Å². The fourth-order valence-electron chi connectivity index (χ4n) is 13.9. The summed E-state index contributed by atoms with van der Waals surface area (Å²) in [4.78, 5) is 223. The predicted molar refractivity (Wildman–Crippen MR) is 501 cm³/mol. The van der Waals surface area contributed by atoms with Gasteiger partial charge in [-0.15, -0.1) is 62.5 Å². The number of thiazole rings is 4. The van der Waals surface area contributed by atoms with Gasteiger partial charge < -0.3 is 98.7 Å². The zero-order valence-electron chi connectivity index (χ0n) is 78.6. The minimum Gasteiger partial charge on any atom is -0.503 e. The second-order valence-electron chi connectivity index (χ2n) is 33.8. The first-order valence-electron chi connectivity index (χ1n) is 41.3. The third-order valence-electron chi connectivity index (χ3n) is 21.8. The molecule has 12 rings (SSSR count). The molecule has 4 unspecified atom stereocenters. The van der Waals surface area contributed by atoms with E-state index < -0.39 is 281 Å². The van der Waals surface area contributed by atoms with Gasteiger partial charge in [0.2, 0.25) is 27.8 Å². The summed E-state index contributed by atoms with van der Waals surface area (Å²) in [6.45, 7) is 14.5. The predicted octanol–water partition coefficient (Wildman–Crippen LogP) is -1.45. The SMILES string of the molecule is CC(C)C(O/N=C(\C(=O)C[C@@H]1C(=O)N(OS(=O)(=O)O)C1(C)C)c1csc(N)n1)c1cc(=O)c(O)cn1O.CC1(C)[C@H](CC(=O)/C(=N\OC(C(=O)O)c2cc(=O)c(O)cn2O)c2csc(N)n2)C(=O)N1OS(=O)(=O)O.CNC(=O)C(O/N=C(\C(=O)C[C@@H]1C(=O)N(OS(=O)(=O)O)C1(C)C)c1csc(N)n1)c1cc(=O)c(O)cn1O.COC(=O)C(O/N=C(\C(=O)C[C@@H]1C(=O)N(OS(=O)(=O)O)C1(C)C)c1csc(N)n1)c1cc(=O)c(O)cn1O. The van der Waals surface area contributed by atoms with Gasteiger partial charge in [0.05, 0.1) is 77.7 Å². The third-order valence-corrected chi connectivity index (χ3v) is 25.9.